The summed E-state index contributed by atoms with van der Waals surface area (Å²) >= 11 is 0. The van der Waals surface area contributed by atoms with E-state index in [1.165, 1.54) is 0 Å². The van der Waals surface area contributed by atoms with Gasteiger partial charge in [-0.1, -0.05) is 13.3 Å². The van der Waals surface area contributed by atoms with Crippen LogP contribution in [0.4, 0.5) is 0 Å². The Kier molecular flexibility index (Phi) is 3.07. The van der Waals surface area contributed by atoms with Crippen LogP contribution in [0.2, 0.25) is 0 Å². The number of unbranched alkanes of at least 4 members (excludes halogenated alkanes) is 1. The average Bonchev–Trinajstić information content (AvgIpc) is 2.76. The van der Waals surface area contributed by atoms with Gasteiger partial charge in [-0.15, -0.1) is 0 Å². The predicted molar refractivity (Wildman–Crippen MR) is 57.8 cm³/mol. The van der Waals surface area contributed by atoms with Crippen molar-refractivity contribution in [2.24, 2.45) is 0 Å². The smallest absolute Gasteiger partial charge is 0.182 e. The molecule has 0 N–H and O–H groups in total. The van der Waals surface area contributed by atoms with Gasteiger partial charge in [0.2, 0.25) is 0 Å². The fourth-order valence-electron chi connectivity index (χ4n) is 1.30. The molecule has 0 bridgehead atoms. The van der Waals surface area contributed by atoms with E-state index in [2.05, 4.69) is 22.0 Å². The van der Waals surface area contributed by atoms with Gasteiger partial charge in [0.25, 0.3) is 0 Å². The molecular weight excluding hydrogens is 188 g/mol. The molecule has 0 saturated carbocycles. The molecule has 77 valence electrons. The van der Waals surface area contributed by atoms with Crippen LogP contribution in [0.15, 0.2) is 30.9 Å². The average molecular weight is 201 g/mol. The molecule has 15 heavy (non-hydrogen) atoms. The predicted octanol–water partition coefficient (Wildman–Crippen LogP) is 1.95. The van der Waals surface area contributed by atoms with Gasteiger partial charge in [0.05, 0.1) is 0 Å². The van der Waals surface area contributed by atoms with Gasteiger partial charge < -0.3 is 0 Å². The zero-order chi connectivity index (χ0) is 10.5. The highest BCUT2D eigenvalue weighted by molar-refractivity contribution is 5.51. The maximum absolute atomic E-state index is 4.36. The van der Waals surface area contributed by atoms with Gasteiger partial charge >= 0.3 is 0 Å². The lowest BCUT2D eigenvalue weighted by molar-refractivity contribution is 0.582. The molecule has 2 heterocycles. The van der Waals surface area contributed by atoms with E-state index in [9.17, 15) is 0 Å². The number of hydrogen-bond donors (Lipinski definition) is 0. The molecule has 0 amide bonds. The summed E-state index contributed by atoms with van der Waals surface area (Å²) in [4.78, 5) is 8.26. The first-order chi connectivity index (χ1) is 7.40. The van der Waals surface area contributed by atoms with E-state index in [0.29, 0.717) is 0 Å². The van der Waals surface area contributed by atoms with E-state index in [4.69, 9.17) is 0 Å². The molecule has 0 saturated heterocycles. The minimum Gasteiger partial charge on any atom is -0.264 e. The summed E-state index contributed by atoms with van der Waals surface area (Å²) in [5.74, 6) is 0.729. The highest BCUT2D eigenvalue weighted by Gasteiger charge is 2.02. The number of rotatable bonds is 4. The maximum atomic E-state index is 4.36. The highest BCUT2D eigenvalue weighted by Crippen LogP contribution is 2.11. The van der Waals surface area contributed by atoms with Gasteiger partial charge in [-0.25, -0.2) is 4.98 Å². The van der Waals surface area contributed by atoms with Crippen molar-refractivity contribution in [3.8, 4) is 11.4 Å². The fraction of sp³-hybridized carbons (Fsp3) is 0.273. The molecule has 2 aromatic rings. The molecule has 1 radical (unpaired) electrons. The SMILES string of the molecule is [CH2]CCCn1cnc(-c2cccnc2)n1. The zero-order valence-corrected chi connectivity index (χ0v) is 8.50. The van der Waals surface area contributed by atoms with Crippen molar-refractivity contribution >= 4 is 0 Å². The van der Waals surface area contributed by atoms with Crippen LogP contribution in [0.1, 0.15) is 12.8 Å². The van der Waals surface area contributed by atoms with E-state index in [0.717, 1.165) is 30.8 Å². The monoisotopic (exact) mass is 201 g/mol. The Hall–Kier alpha value is -1.71. The summed E-state index contributed by atoms with van der Waals surface area (Å²) in [5.41, 5.74) is 0.950. The Morgan fingerprint density at radius 2 is 2.33 bits per heavy atom. The molecule has 2 aromatic heterocycles. The van der Waals surface area contributed by atoms with Crippen molar-refractivity contribution in [3.63, 3.8) is 0 Å². The minimum absolute atomic E-state index is 0.729. The molecule has 0 aliphatic heterocycles. The van der Waals surface area contributed by atoms with Crippen LogP contribution in [0.3, 0.4) is 0 Å². The van der Waals surface area contributed by atoms with Crippen LogP contribution < -0.4 is 0 Å². The van der Waals surface area contributed by atoms with Gasteiger partial charge in [-0.2, -0.15) is 5.10 Å². The van der Waals surface area contributed by atoms with Crippen LogP contribution in [0.25, 0.3) is 11.4 Å². The van der Waals surface area contributed by atoms with Crippen LogP contribution in [0.5, 0.6) is 0 Å². The van der Waals surface area contributed by atoms with E-state index in [-0.39, 0.29) is 0 Å². The summed E-state index contributed by atoms with van der Waals surface area (Å²) in [6, 6.07) is 3.83. The largest absolute Gasteiger partial charge is 0.264 e. The molecule has 0 fully saturated rings. The molecule has 0 aromatic carbocycles. The van der Waals surface area contributed by atoms with E-state index in [1.54, 1.807) is 18.7 Å². The zero-order valence-electron chi connectivity index (χ0n) is 8.50. The summed E-state index contributed by atoms with van der Waals surface area (Å²) in [6.07, 6.45) is 7.19. The van der Waals surface area contributed by atoms with Crippen LogP contribution in [-0.2, 0) is 6.54 Å². The molecule has 0 unspecified atom stereocenters. The van der Waals surface area contributed by atoms with Crippen molar-refractivity contribution < 1.29 is 0 Å². The Morgan fingerprint density at radius 1 is 1.40 bits per heavy atom. The number of pyridine rings is 1. The third-order valence-electron chi connectivity index (χ3n) is 2.09. The third kappa shape index (κ3) is 2.40. The molecule has 0 aliphatic rings. The number of nitrogens with zero attached hydrogens (tertiary/aromatic N) is 4. The standard InChI is InChI=1S/C11H13N4/c1-2-3-7-15-9-13-11(14-15)10-5-4-6-12-8-10/h4-6,8-9H,1-3,7H2. The lowest BCUT2D eigenvalue weighted by Crippen LogP contribution is -1.98. The van der Waals surface area contributed by atoms with Gasteiger partial charge in [-0.3, -0.25) is 9.67 Å². The summed E-state index contributed by atoms with van der Waals surface area (Å²) in [6.45, 7) is 4.67. The summed E-state index contributed by atoms with van der Waals surface area (Å²) < 4.78 is 1.84. The Morgan fingerprint density at radius 3 is 3.07 bits per heavy atom. The van der Waals surface area contributed by atoms with E-state index < -0.39 is 0 Å². The molecular formula is C11H13N4. The maximum Gasteiger partial charge on any atom is 0.182 e. The van der Waals surface area contributed by atoms with Crippen molar-refractivity contribution in [2.45, 2.75) is 19.4 Å². The fourth-order valence-corrected chi connectivity index (χ4v) is 1.30. The van der Waals surface area contributed by atoms with Gasteiger partial charge in [0.1, 0.15) is 6.33 Å². The Balaban J connectivity index is 2.14. The first-order valence-corrected chi connectivity index (χ1v) is 4.99. The van der Waals surface area contributed by atoms with Gasteiger partial charge in [0.15, 0.2) is 5.82 Å². The minimum atomic E-state index is 0.729. The molecule has 2 rings (SSSR count). The Labute approximate surface area is 89.0 Å². The van der Waals surface area contributed by atoms with E-state index in [1.807, 2.05) is 16.8 Å². The molecule has 0 spiro atoms. The van der Waals surface area contributed by atoms with Gasteiger partial charge in [-0.05, 0) is 18.6 Å². The van der Waals surface area contributed by atoms with Crippen molar-refractivity contribution in [1.82, 2.24) is 19.7 Å². The second kappa shape index (κ2) is 4.68. The summed E-state index contributed by atoms with van der Waals surface area (Å²) in [5, 5.41) is 4.36. The van der Waals surface area contributed by atoms with Gasteiger partial charge in [0, 0.05) is 24.5 Å². The second-order valence-electron chi connectivity index (χ2n) is 3.28. The quantitative estimate of drug-likeness (QED) is 0.759. The number of aromatic nitrogens is 4. The van der Waals surface area contributed by atoms with E-state index >= 15 is 0 Å². The third-order valence-corrected chi connectivity index (χ3v) is 2.09. The first-order valence-electron chi connectivity index (χ1n) is 4.99. The normalized spacial score (nSPS) is 10.5. The molecule has 4 nitrogen and oxygen atoms in total. The highest BCUT2D eigenvalue weighted by atomic mass is 15.3. The van der Waals surface area contributed by atoms with Crippen LogP contribution >= 0.6 is 0 Å². The Bertz CT molecular complexity index is 408. The summed E-state index contributed by atoms with van der Waals surface area (Å²) in [7, 11) is 0. The molecule has 0 atom stereocenters. The molecule has 4 heteroatoms. The van der Waals surface area contributed by atoms with Crippen molar-refractivity contribution in [2.75, 3.05) is 0 Å². The number of aryl methyl sites for hydroxylation is 1. The lowest BCUT2D eigenvalue weighted by atomic mass is 10.3. The van der Waals surface area contributed by atoms with Crippen molar-refractivity contribution in [1.29, 1.82) is 0 Å². The van der Waals surface area contributed by atoms with Crippen molar-refractivity contribution in [3.05, 3.63) is 37.8 Å². The second-order valence-corrected chi connectivity index (χ2v) is 3.28. The topological polar surface area (TPSA) is 43.6 Å². The van der Waals surface area contributed by atoms with Crippen LogP contribution in [-0.4, -0.2) is 19.7 Å². The lowest BCUT2D eigenvalue weighted by Gasteiger charge is -1.96. The first kappa shape index (κ1) is 9.83. The number of hydrogen-bond acceptors (Lipinski definition) is 3. The van der Waals surface area contributed by atoms with Crippen LogP contribution in [0, 0.1) is 6.92 Å². The molecule has 0 aliphatic carbocycles.